The summed E-state index contributed by atoms with van der Waals surface area (Å²) in [5.74, 6) is -0.141. The fourth-order valence-corrected chi connectivity index (χ4v) is 1.72. The lowest BCUT2D eigenvalue weighted by atomic mass is 10.1. The van der Waals surface area contributed by atoms with Crippen LogP contribution in [0.15, 0.2) is 30.3 Å². The molecule has 0 saturated carbocycles. The number of hydrazine groups is 1. The quantitative estimate of drug-likeness (QED) is 0.665. The minimum Gasteiger partial charge on any atom is -0.271 e. The normalized spacial score (nSPS) is 23.6. The summed E-state index contributed by atoms with van der Waals surface area (Å²) >= 11 is 0. The average Bonchev–Trinajstić information content (AvgIpc) is 2.77. The van der Waals surface area contributed by atoms with Crippen LogP contribution in [-0.4, -0.2) is 18.0 Å². The van der Waals surface area contributed by atoms with Crippen LogP contribution in [-0.2, 0) is 16.2 Å². The van der Waals surface area contributed by atoms with Gasteiger partial charge in [0.15, 0.2) is 0 Å². The predicted octanol–water partition coefficient (Wildman–Crippen LogP) is 0.489. The number of rotatable bonds is 4. The van der Waals surface area contributed by atoms with E-state index in [2.05, 4.69) is 16.3 Å². The summed E-state index contributed by atoms with van der Waals surface area (Å²) in [4.78, 5) is 16.8. The summed E-state index contributed by atoms with van der Waals surface area (Å²) in [5, 5.41) is 0. The molecule has 0 aliphatic carbocycles. The summed E-state index contributed by atoms with van der Waals surface area (Å²) in [7, 11) is 0. The van der Waals surface area contributed by atoms with Crippen molar-refractivity contribution >= 4 is 5.91 Å². The molecule has 1 aromatic carbocycles. The molecule has 5 heteroatoms. The van der Waals surface area contributed by atoms with Gasteiger partial charge in [-0.25, -0.2) is 10.9 Å². The van der Waals surface area contributed by atoms with E-state index < -0.39 is 0 Å². The Labute approximate surface area is 100 Å². The first-order valence-electron chi connectivity index (χ1n) is 5.72. The third-order valence-corrected chi connectivity index (χ3v) is 2.66. The summed E-state index contributed by atoms with van der Waals surface area (Å²) in [6.07, 6.45) is 0.764. The molecule has 0 bridgehead atoms. The molecule has 92 valence electrons. The van der Waals surface area contributed by atoms with Crippen LogP contribution in [0.1, 0.15) is 18.9 Å². The summed E-state index contributed by atoms with van der Waals surface area (Å²) in [5.41, 5.74) is 9.38. The third-order valence-electron chi connectivity index (χ3n) is 2.66. The largest absolute Gasteiger partial charge is 0.271 e. The highest BCUT2D eigenvalue weighted by atomic mass is 16.6. The van der Waals surface area contributed by atoms with Crippen molar-refractivity contribution in [1.82, 2.24) is 16.3 Å². The molecule has 0 radical (unpaired) electrons. The SMILES string of the molecule is CC1CC(C(=O)NOCc2ccccc2)NN1. The van der Waals surface area contributed by atoms with Crippen LogP contribution < -0.4 is 16.3 Å². The lowest BCUT2D eigenvalue weighted by Gasteiger charge is -2.10. The highest BCUT2D eigenvalue weighted by molar-refractivity contribution is 5.81. The molecule has 1 saturated heterocycles. The van der Waals surface area contributed by atoms with Crippen LogP contribution >= 0.6 is 0 Å². The van der Waals surface area contributed by atoms with E-state index in [0.29, 0.717) is 12.6 Å². The molecule has 1 aromatic rings. The second-order valence-electron chi connectivity index (χ2n) is 4.22. The van der Waals surface area contributed by atoms with Gasteiger partial charge in [0.2, 0.25) is 0 Å². The van der Waals surface area contributed by atoms with Crippen molar-refractivity contribution in [3.63, 3.8) is 0 Å². The van der Waals surface area contributed by atoms with Crippen LogP contribution in [0.25, 0.3) is 0 Å². The Hall–Kier alpha value is -1.43. The molecule has 1 fully saturated rings. The van der Waals surface area contributed by atoms with Crippen molar-refractivity contribution in [1.29, 1.82) is 0 Å². The van der Waals surface area contributed by atoms with E-state index in [0.717, 1.165) is 12.0 Å². The van der Waals surface area contributed by atoms with Gasteiger partial charge >= 0.3 is 0 Å². The molecular weight excluding hydrogens is 218 g/mol. The highest BCUT2D eigenvalue weighted by Gasteiger charge is 2.26. The zero-order valence-corrected chi connectivity index (χ0v) is 9.77. The first-order valence-corrected chi connectivity index (χ1v) is 5.72. The van der Waals surface area contributed by atoms with Gasteiger partial charge in [-0.1, -0.05) is 30.3 Å². The zero-order valence-electron chi connectivity index (χ0n) is 9.77. The van der Waals surface area contributed by atoms with Gasteiger partial charge in [0.05, 0.1) is 6.61 Å². The number of hydrogen-bond donors (Lipinski definition) is 3. The highest BCUT2D eigenvalue weighted by Crippen LogP contribution is 2.04. The average molecular weight is 235 g/mol. The molecule has 1 aliphatic heterocycles. The Morgan fingerprint density at radius 3 is 2.82 bits per heavy atom. The third kappa shape index (κ3) is 3.52. The Morgan fingerprint density at radius 2 is 2.18 bits per heavy atom. The van der Waals surface area contributed by atoms with Crippen LogP contribution in [0.5, 0.6) is 0 Å². The molecule has 1 amide bonds. The lowest BCUT2D eigenvalue weighted by Crippen LogP contribution is -2.43. The Kier molecular flexibility index (Phi) is 4.08. The number of carbonyl (C=O) groups is 1. The van der Waals surface area contributed by atoms with E-state index in [4.69, 9.17) is 4.84 Å². The van der Waals surface area contributed by atoms with Gasteiger partial charge in [-0.15, -0.1) is 0 Å². The van der Waals surface area contributed by atoms with Crippen molar-refractivity contribution in [2.45, 2.75) is 32.0 Å². The molecule has 2 unspecified atom stereocenters. The Morgan fingerprint density at radius 1 is 1.41 bits per heavy atom. The van der Waals surface area contributed by atoms with E-state index >= 15 is 0 Å². The van der Waals surface area contributed by atoms with Gasteiger partial charge in [-0.3, -0.25) is 15.1 Å². The van der Waals surface area contributed by atoms with Crippen molar-refractivity contribution in [2.24, 2.45) is 0 Å². The molecule has 3 N–H and O–H groups in total. The van der Waals surface area contributed by atoms with Gasteiger partial charge in [-0.2, -0.15) is 0 Å². The van der Waals surface area contributed by atoms with Crippen molar-refractivity contribution in [2.75, 3.05) is 0 Å². The van der Waals surface area contributed by atoms with Crippen LogP contribution in [0.4, 0.5) is 0 Å². The van der Waals surface area contributed by atoms with Gasteiger partial charge in [0.1, 0.15) is 6.04 Å². The van der Waals surface area contributed by atoms with Crippen molar-refractivity contribution in [3.05, 3.63) is 35.9 Å². The number of nitrogens with one attached hydrogen (secondary N) is 3. The van der Waals surface area contributed by atoms with Crippen LogP contribution in [0.3, 0.4) is 0 Å². The lowest BCUT2D eigenvalue weighted by molar-refractivity contribution is -0.136. The molecule has 17 heavy (non-hydrogen) atoms. The second-order valence-corrected chi connectivity index (χ2v) is 4.22. The summed E-state index contributed by atoms with van der Waals surface area (Å²) in [6.45, 7) is 2.40. The topological polar surface area (TPSA) is 62.4 Å². The van der Waals surface area contributed by atoms with Gasteiger partial charge in [0, 0.05) is 6.04 Å². The summed E-state index contributed by atoms with van der Waals surface area (Å²) < 4.78 is 0. The minimum absolute atomic E-state index is 0.141. The van der Waals surface area contributed by atoms with E-state index in [1.165, 1.54) is 0 Å². The fraction of sp³-hybridized carbons (Fsp3) is 0.417. The molecule has 1 heterocycles. The number of benzene rings is 1. The van der Waals surface area contributed by atoms with E-state index in [9.17, 15) is 4.79 Å². The number of hydroxylamine groups is 1. The minimum atomic E-state index is -0.222. The molecule has 2 atom stereocenters. The Bertz CT molecular complexity index is 369. The number of hydrogen-bond acceptors (Lipinski definition) is 4. The second kappa shape index (κ2) is 5.77. The predicted molar refractivity (Wildman–Crippen MR) is 63.5 cm³/mol. The molecule has 5 nitrogen and oxygen atoms in total. The standard InChI is InChI=1S/C12H17N3O2/c1-9-7-11(14-13-9)12(16)15-17-8-10-5-3-2-4-6-10/h2-6,9,11,13-14H,7-8H2,1H3,(H,15,16). The maximum atomic E-state index is 11.6. The Balaban J connectivity index is 1.70. The molecule has 0 aromatic heterocycles. The van der Waals surface area contributed by atoms with Gasteiger partial charge < -0.3 is 0 Å². The first kappa shape index (κ1) is 12.0. The van der Waals surface area contributed by atoms with Crippen molar-refractivity contribution in [3.8, 4) is 0 Å². The smallest absolute Gasteiger partial charge is 0.262 e. The van der Waals surface area contributed by atoms with Gasteiger partial charge in [-0.05, 0) is 18.9 Å². The summed E-state index contributed by atoms with van der Waals surface area (Å²) in [6, 6.07) is 9.79. The van der Waals surface area contributed by atoms with Crippen LogP contribution in [0.2, 0.25) is 0 Å². The monoisotopic (exact) mass is 235 g/mol. The van der Waals surface area contributed by atoms with E-state index in [1.807, 2.05) is 37.3 Å². The van der Waals surface area contributed by atoms with Crippen molar-refractivity contribution < 1.29 is 9.63 Å². The zero-order chi connectivity index (χ0) is 12.1. The number of carbonyl (C=O) groups excluding carboxylic acids is 1. The first-order chi connectivity index (χ1) is 8.25. The van der Waals surface area contributed by atoms with E-state index in [-0.39, 0.29) is 11.9 Å². The molecule has 1 aliphatic rings. The van der Waals surface area contributed by atoms with Crippen LogP contribution in [0, 0.1) is 0 Å². The fourth-order valence-electron chi connectivity index (χ4n) is 1.72. The molecular formula is C12H17N3O2. The van der Waals surface area contributed by atoms with E-state index in [1.54, 1.807) is 0 Å². The molecule has 2 rings (SSSR count). The maximum Gasteiger partial charge on any atom is 0.262 e. The molecule has 0 spiro atoms. The number of amides is 1. The maximum absolute atomic E-state index is 11.6. The van der Waals surface area contributed by atoms with Gasteiger partial charge in [0.25, 0.3) is 5.91 Å².